The second kappa shape index (κ2) is 6.11. The monoisotopic (exact) mass is 297 g/mol. The van der Waals surface area contributed by atoms with E-state index in [1.807, 2.05) is 38.1 Å². The lowest BCUT2D eigenvalue weighted by atomic mass is 10.2. The van der Waals surface area contributed by atoms with Crippen molar-refractivity contribution in [3.63, 3.8) is 0 Å². The van der Waals surface area contributed by atoms with Crippen molar-refractivity contribution >= 4 is 15.9 Å². The van der Waals surface area contributed by atoms with Gasteiger partial charge in [0.05, 0.1) is 5.69 Å². The molecule has 0 unspecified atom stereocenters. The van der Waals surface area contributed by atoms with Gasteiger partial charge in [0, 0.05) is 25.7 Å². The summed E-state index contributed by atoms with van der Waals surface area (Å²) in [7, 11) is -3.44. The summed E-state index contributed by atoms with van der Waals surface area (Å²) in [6, 6.07) is 7.30. The minimum absolute atomic E-state index is 0.121. The van der Waals surface area contributed by atoms with Crippen LogP contribution in [-0.2, 0) is 16.8 Å². The smallest absolute Gasteiger partial charge is 0.304 e. The summed E-state index contributed by atoms with van der Waals surface area (Å²) < 4.78 is 28.6. The van der Waals surface area contributed by atoms with Crippen LogP contribution < -0.4 is 10.0 Å². The van der Waals surface area contributed by atoms with Gasteiger partial charge in [-0.25, -0.2) is 0 Å². The Labute approximate surface area is 121 Å². The fourth-order valence-corrected chi connectivity index (χ4v) is 4.41. The van der Waals surface area contributed by atoms with Crippen molar-refractivity contribution in [1.29, 1.82) is 0 Å². The average Bonchev–Trinajstić information content (AvgIpc) is 2.93. The number of benzene rings is 1. The summed E-state index contributed by atoms with van der Waals surface area (Å²) in [5.41, 5.74) is 7.28. The van der Waals surface area contributed by atoms with Crippen molar-refractivity contribution in [1.82, 2.24) is 4.31 Å². The van der Waals surface area contributed by atoms with Crippen LogP contribution in [0.3, 0.4) is 0 Å². The van der Waals surface area contributed by atoms with E-state index in [9.17, 15) is 8.42 Å². The third-order valence-electron chi connectivity index (χ3n) is 3.54. The molecule has 6 heteroatoms. The zero-order valence-electron chi connectivity index (χ0n) is 12.1. The van der Waals surface area contributed by atoms with Crippen LogP contribution in [0.2, 0.25) is 0 Å². The van der Waals surface area contributed by atoms with Gasteiger partial charge in [-0.1, -0.05) is 12.1 Å². The lowest BCUT2D eigenvalue weighted by Gasteiger charge is -2.32. The van der Waals surface area contributed by atoms with Gasteiger partial charge in [-0.15, -0.1) is 0 Å². The van der Waals surface area contributed by atoms with E-state index in [4.69, 9.17) is 5.73 Å². The predicted octanol–water partition coefficient (Wildman–Crippen LogP) is 1.70. The number of hydrogen-bond acceptors (Lipinski definition) is 3. The van der Waals surface area contributed by atoms with E-state index in [0.717, 1.165) is 18.4 Å². The maximum atomic E-state index is 12.8. The van der Waals surface area contributed by atoms with Crippen LogP contribution in [0.15, 0.2) is 24.3 Å². The summed E-state index contributed by atoms with van der Waals surface area (Å²) in [6.07, 6.45) is 1.88. The summed E-state index contributed by atoms with van der Waals surface area (Å²) in [5, 5.41) is 0. The van der Waals surface area contributed by atoms with Crippen LogP contribution in [0, 0.1) is 0 Å². The van der Waals surface area contributed by atoms with Crippen LogP contribution >= 0.6 is 0 Å². The molecular formula is C14H23N3O2S. The molecule has 1 aromatic carbocycles. The van der Waals surface area contributed by atoms with Gasteiger partial charge in [-0.05, 0) is 44.4 Å². The molecule has 20 heavy (non-hydrogen) atoms. The van der Waals surface area contributed by atoms with Gasteiger partial charge in [-0.3, -0.25) is 4.31 Å². The van der Waals surface area contributed by atoms with Gasteiger partial charge in [0.15, 0.2) is 0 Å². The molecular weight excluding hydrogens is 274 g/mol. The van der Waals surface area contributed by atoms with Gasteiger partial charge in [0.1, 0.15) is 0 Å². The van der Waals surface area contributed by atoms with Crippen molar-refractivity contribution in [3.05, 3.63) is 29.8 Å². The highest BCUT2D eigenvalue weighted by atomic mass is 32.2. The SMILES string of the molecule is CC(C)N(c1ccc(CN)cc1)S(=O)(=O)N1CCCC1. The highest BCUT2D eigenvalue weighted by Gasteiger charge is 2.33. The standard InChI is InChI=1S/C14H23N3O2S/c1-12(2)17(14-7-5-13(11-15)6-8-14)20(18,19)16-9-3-4-10-16/h5-8,12H,3-4,9-11,15H2,1-2H3. The molecule has 1 fully saturated rings. The molecule has 1 aromatic rings. The van der Waals surface area contributed by atoms with Crippen molar-refractivity contribution in [2.45, 2.75) is 39.3 Å². The Balaban J connectivity index is 2.34. The zero-order chi connectivity index (χ0) is 14.8. The highest BCUT2D eigenvalue weighted by Crippen LogP contribution is 2.26. The topological polar surface area (TPSA) is 66.6 Å². The molecule has 0 spiro atoms. The van der Waals surface area contributed by atoms with Gasteiger partial charge in [-0.2, -0.15) is 12.7 Å². The fourth-order valence-electron chi connectivity index (χ4n) is 2.52. The minimum Gasteiger partial charge on any atom is -0.326 e. The van der Waals surface area contributed by atoms with Gasteiger partial charge in [0.25, 0.3) is 0 Å². The molecule has 0 atom stereocenters. The van der Waals surface area contributed by atoms with Gasteiger partial charge < -0.3 is 5.73 Å². The average molecular weight is 297 g/mol. The molecule has 2 N–H and O–H groups in total. The molecule has 1 heterocycles. The van der Waals surface area contributed by atoms with Crippen molar-refractivity contribution in [2.24, 2.45) is 5.73 Å². The molecule has 0 bridgehead atoms. The lowest BCUT2D eigenvalue weighted by molar-refractivity contribution is 0.469. The van der Waals surface area contributed by atoms with Crippen LogP contribution in [0.5, 0.6) is 0 Å². The minimum atomic E-state index is -3.44. The molecule has 0 aromatic heterocycles. The molecule has 5 nitrogen and oxygen atoms in total. The van der Waals surface area contributed by atoms with Crippen LogP contribution in [0.25, 0.3) is 0 Å². The molecule has 1 saturated heterocycles. The van der Waals surface area contributed by atoms with E-state index in [1.54, 1.807) is 4.31 Å². The quantitative estimate of drug-likeness (QED) is 0.899. The second-order valence-corrected chi connectivity index (χ2v) is 7.18. The molecule has 112 valence electrons. The Kier molecular flexibility index (Phi) is 4.67. The van der Waals surface area contributed by atoms with Gasteiger partial charge >= 0.3 is 10.2 Å². The Morgan fingerprint density at radius 1 is 1.20 bits per heavy atom. The Morgan fingerprint density at radius 2 is 1.75 bits per heavy atom. The third kappa shape index (κ3) is 2.97. The lowest BCUT2D eigenvalue weighted by Crippen LogP contribution is -2.46. The molecule has 0 saturated carbocycles. The van der Waals surface area contributed by atoms with Crippen LogP contribution in [0.4, 0.5) is 5.69 Å². The summed E-state index contributed by atoms with van der Waals surface area (Å²) in [5.74, 6) is 0. The number of nitrogens with zero attached hydrogens (tertiary/aromatic N) is 2. The van der Waals surface area contributed by atoms with E-state index in [1.165, 1.54) is 4.31 Å². The highest BCUT2D eigenvalue weighted by molar-refractivity contribution is 7.90. The Hall–Kier alpha value is -1.11. The van der Waals surface area contributed by atoms with E-state index < -0.39 is 10.2 Å². The Bertz CT molecular complexity index is 534. The summed E-state index contributed by atoms with van der Waals surface area (Å²) in [6.45, 7) is 5.48. The van der Waals surface area contributed by atoms with Crippen LogP contribution in [-0.4, -0.2) is 31.9 Å². The fraction of sp³-hybridized carbons (Fsp3) is 0.571. The largest absolute Gasteiger partial charge is 0.326 e. The van der Waals surface area contributed by atoms with Crippen LogP contribution in [0.1, 0.15) is 32.3 Å². The molecule has 1 aliphatic heterocycles. The van der Waals surface area contributed by atoms with Gasteiger partial charge in [0.2, 0.25) is 0 Å². The van der Waals surface area contributed by atoms with Crippen molar-refractivity contribution < 1.29 is 8.42 Å². The van der Waals surface area contributed by atoms with E-state index >= 15 is 0 Å². The predicted molar refractivity (Wildman–Crippen MR) is 81.7 cm³/mol. The number of anilines is 1. The number of nitrogens with two attached hydrogens (primary N) is 1. The molecule has 0 aliphatic carbocycles. The van der Waals surface area contributed by atoms with E-state index in [2.05, 4.69) is 0 Å². The first kappa shape index (κ1) is 15.3. The summed E-state index contributed by atoms with van der Waals surface area (Å²) in [4.78, 5) is 0. The normalized spacial score (nSPS) is 16.8. The van der Waals surface area contributed by atoms with E-state index in [-0.39, 0.29) is 6.04 Å². The Morgan fingerprint density at radius 3 is 2.20 bits per heavy atom. The first-order valence-electron chi connectivity index (χ1n) is 7.05. The zero-order valence-corrected chi connectivity index (χ0v) is 12.9. The van der Waals surface area contributed by atoms with Crippen molar-refractivity contribution in [3.8, 4) is 0 Å². The molecule has 0 amide bonds. The number of hydrogen-bond donors (Lipinski definition) is 1. The van der Waals surface area contributed by atoms with E-state index in [0.29, 0.717) is 25.3 Å². The molecule has 2 rings (SSSR count). The van der Waals surface area contributed by atoms with Crippen molar-refractivity contribution in [2.75, 3.05) is 17.4 Å². The summed E-state index contributed by atoms with van der Waals surface area (Å²) >= 11 is 0. The molecule has 1 aliphatic rings. The third-order valence-corrected chi connectivity index (χ3v) is 5.68. The second-order valence-electron chi connectivity index (χ2n) is 5.37. The first-order chi connectivity index (χ1) is 9.46. The maximum Gasteiger partial charge on any atom is 0.304 e. The maximum absolute atomic E-state index is 12.8. The molecule has 0 radical (unpaired) electrons. The number of rotatable bonds is 5. The first-order valence-corrected chi connectivity index (χ1v) is 8.45.